The molecule has 1 fully saturated rings. The van der Waals surface area contributed by atoms with Gasteiger partial charge in [0.2, 0.25) is 0 Å². The summed E-state index contributed by atoms with van der Waals surface area (Å²) in [6.07, 6.45) is 4.84. The van der Waals surface area contributed by atoms with Gasteiger partial charge in [0.05, 0.1) is 6.04 Å². The number of halogens is 2. The van der Waals surface area contributed by atoms with Crippen molar-refractivity contribution in [3.8, 4) is 0 Å². The molecule has 1 atom stereocenters. The van der Waals surface area contributed by atoms with E-state index in [4.69, 9.17) is 0 Å². The Morgan fingerprint density at radius 2 is 2.43 bits per heavy atom. The summed E-state index contributed by atoms with van der Waals surface area (Å²) >= 11 is 0. The van der Waals surface area contributed by atoms with Gasteiger partial charge in [0.25, 0.3) is 5.92 Å². The van der Waals surface area contributed by atoms with E-state index in [9.17, 15) is 8.78 Å². The van der Waals surface area contributed by atoms with E-state index < -0.39 is 12.0 Å². The van der Waals surface area contributed by atoms with Crippen LogP contribution in [0.1, 0.15) is 24.8 Å². The van der Waals surface area contributed by atoms with Gasteiger partial charge < -0.3 is 10.3 Å². The van der Waals surface area contributed by atoms with Crippen LogP contribution in [0.4, 0.5) is 8.78 Å². The van der Waals surface area contributed by atoms with E-state index in [0.29, 0.717) is 19.4 Å². The highest BCUT2D eigenvalue weighted by molar-refractivity contribution is 5.08. The van der Waals surface area contributed by atoms with E-state index in [2.05, 4.69) is 10.3 Å². The molecule has 1 heterocycles. The molecule has 0 spiro atoms. The summed E-state index contributed by atoms with van der Waals surface area (Å²) in [5.41, 5.74) is 1.02. The second-order valence-electron chi connectivity index (χ2n) is 3.81. The van der Waals surface area contributed by atoms with Gasteiger partial charge in [-0.15, -0.1) is 0 Å². The molecule has 0 aliphatic heterocycles. The molecule has 78 valence electrons. The Morgan fingerprint density at radius 1 is 1.57 bits per heavy atom. The highest BCUT2D eigenvalue weighted by Gasteiger charge is 2.43. The Bertz CT molecular complexity index is 282. The van der Waals surface area contributed by atoms with Gasteiger partial charge in [-0.1, -0.05) is 0 Å². The van der Waals surface area contributed by atoms with Crippen LogP contribution in [0.25, 0.3) is 0 Å². The number of hydrogen-bond acceptors (Lipinski definition) is 1. The monoisotopic (exact) mass is 200 g/mol. The number of rotatable bonds is 3. The molecular formula is C10H14F2N2. The van der Waals surface area contributed by atoms with Crippen molar-refractivity contribution in [2.45, 2.75) is 37.8 Å². The topological polar surface area (TPSA) is 27.8 Å². The van der Waals surface area contributed by atoms with E-state index in [0.717, 1.165) is 5.56 Å². The van der Waals surface area contributed by atoms with Crippen LogP contribution in [0.2, 0.25) is 0 Å². The number of alkyl halides is 2. The van der Waals surface area contributed by atoms with E-state index >= 15 is 0 Å². The van der Waals surface area contributed by atoms with Gasteiger partial charge in [-0.2, -0.15) is 0 Å². The Labute approximate surface area is 81.7 Å². The molecule has 1 aliphatic carbocycles. The van der Waals surface area contributed by atoms with Gasteiger partial charge in [-0.05, 0) is 24.5 Å². The molecule has 1 aromatic rings. The first-order chi connectivity index (χ1) is 6.68. The number of hydrogen-bond donors (Lipinski definition) is 2. The third kappa shape index (κ3) is 1.95. The molecule has 0 bridgehead atoms. The van der Waals surface area contributed by atoms with Crippen molar-refractivity contribution in [3.63, 3.8) is 0 Å². The summed E-state index contributed by atoms with van der Waals surface area (Å²) in [7, 11) is 0. The average molecular weight is 200 g/mol. The summed E-state index contributed by atoms with van der Waals surface area (Å²) in [5.74, 6) is -2.52. The Balaban J connectivity index is 1.86. The summed E-state index contributed by atoms with van der Waals surface area (Å²) in [5, 5.41) is 2.90. The minimum atomic E-state index is -2.52. The minimum Gasteiger partial charge on any atom is -0.367 e. The number of nitrogens with one attached hydrogen (secondary N) is 2. The van der Waals surface area contributed by atoms with Crippen LogP contribution in [0.3, 0.4) is 0 Å². The molecule has 0 saturated heterocycles. The zero-order valence-corrected chi connectivity index (χ0v) is 7.89. The first-order valence-corrected chi connectivity index (χ1v) is 4.91. The Morgan fingerprint density at radius 3 is 3.00 bits per heavy atom. The molecule has 2 N–H and O–H groups in total. The minimum absolute atomic E-state index is 0.0256. The number of aromatic nitrogens is 1. The molecular weight excluding hydrogens is 186 g/mol. The second-order valence-corrected chi connectivity index (χ2v) is 3.81. The highest BCUT2D eigenvalue weighted by atomic mass is 19.3. The fourth-order valence-electron chi connectivity index (χ4n) is 1.89. The zero-order valence-electron chi connectivity index (χ0n) is 7.89. The number of aromatic amines is 1. The predicted molar refractivity (Wildman–Crippen MR) is 50.2 cm³/mol. The quantitative estimate of drug-likeness (QED) is 0.769. The van der Waals surface area contributed by atoms with Gasteiger partial charge >= 0.3 is 0 Å². The molecule has 4 heteroatoms. The second kappa shape index (κ2) is 3.69. The molecule has 0 radical (unpaired) electrons. The van der Waals surface area contributed by atoms with Crippen LogP contribution in [-0.2, 0) is 6.54 Å². The van der Waals surface area contributed by atoms with Gasteiger partial charge in [0.1, 0.15) is 0 Å². The molecule has 1 saturated carbocycles. The summed E-state index contributed by atoms with van der Waals surface area (Å²) in [6, 6.07) is 1.25. The normalized spacial score (nSPS) is 25.4. The Hall–Kier alpha value is -0.900. The molecule has 1 unspecified atom stereocenters. The van der Waals surface area contributed by atoms with Crippen molar-refractivity contribution < 1.29 is 8.78 Å². The lowest BCUT2D eigenvalue weighted by Crippen LogP contribution is -2.39. The SMILES string of the molecule is FC1(F)CCCC1NCc1cc[nH]c1. The van der Waals surface area contributed by atoms with Crippen LogP contribution >= 0.6 is 0 Å². The molecule has 0 aromatic carbocycles. The highest BCUT2D eigenvalue weighted by Crippen LogP contribution is 2.35. The smallest absolute Gasteiger partial charge is 0.263 e. The van der Waals surface area contributed by atoms with Crippen molar-refractivity contribution in [1.82, 2.24) is 10.3 Å². The van der Waals surface area contributed by atoms with Crippen molar-refractivity contribution in [3.05, 3.63) is 24.0 Å². The molecule has 2 rings (SSSR count). The van der Waals surface area contributed by atoms with Crippen LogP contribution in [0.15, 0.2) is 18.5 Å². The summed E-state index contributed by atoms with van der Waals surface area (Å²) in [6.45, 7) is 0.518. The van der Waals surface area contributed by atoms with Gasteiger partial charge in [0.15, 0.2) is 0 Å². The first-order valence-electron chi connectivity index (χ1n) is 4.91. The predicted octanol–water partition coefficient (Wildman–Crippen LogP) is 2.29. The fraction of sp³-hybridized carbons (Fsp3) is 0.600. The van der Waals surface area contributed by atoms with Crippen molar-refractivity contribution >= 4 is 0 Å². The van der Waals surface area contributed by atoms with Crippen LogP contribution in [-0.4, -0.2) is 16.9 Å². The van der Waals surface area contributed by atoms with Crippen LogP contribution in [0, 0.1) is 0 Å². The van der Waals surface area contributed by atoms with Crippen molar-refractivity contribution in [2.75, 3.05) is 0 Å². The molecule has 2 nitrogen and oxygen atoms in total. The molecule has 0 amide bonds. The third-order valence-corrected chi connectivity index (χ3v) is 2.73. The largest absolute Gasteiger partial charge is 0.367 e. The standard InChI is InChI=1S/C10H14F2N2/c11-10(12)4-1-2-9(10)14-7-8-3-5-13-6-8/h3,5-6,9,13-14H,1-2,4,7H2. The first kappa shape index (κ1) is 9.65. The van der Waals surface area contributed by atoms with Crippen LogP contribution < -0.4 is 5.32 Å². The van der Waals surface area contributed by atoms with Gasteiger partial charge in [0, 0.05) is 25.4 Å². The zero-order chi connectivity index (χ0) is 10.0. The van der Waals surface area contributed by atoms with E-state index in [-0.39, 0.29) is 6.42 Å². The molecule has 1 aliphatic rings. The van der Waals surface area contributed by atoms with Gasteiger partial charge in [-0.3, -0.25) is 0 Å². The lowest BCUT2D eigenvalue weighted by Gasteiger charge is -2.19. The van der Waals surface area contributed by atoms with E-state index in [1.165, 1.54) is 0 Å². The average Bonchev–Trinajstić information content (AvgIpc) is 2.71. The van der Waals surface area contributed by atoms with Crippen molar-refractivity contribution in [2.24, 2.45) is 0 Å². The third-order valence-electron chi connectivity index (χ3n) is 2.73. The summed E-state index contributed by atoms with van der Waals surface area (Å²) < 4.78 is 26.3. The van der Waals surface area contributed by atoms with Crippen LogP contribution in [0.5, 0.6) is 0 Å². The maximum absolute atomic E-state index is 13.2. The molecule has 1 aromatic heterocycles. The maximum atomic E-state index is 13.2. The van der Waals surface area contributed by atoms with Crippen molar-refractivity contribution in [1.29, 1.82) is 0 Å². The summed E-state index contributed by atoms with van der Waals surface area (Å²) in [4.78, 5) is 2.90. The Kier molecular flexibility index (Phi) is 2.54. The van der Waals surface area contributed by atoms with Gasteiger partial charge in [-0.25, -0.2) is 8.78 Å². The number of H-pyrrole nitrogens is 1. The lowest BCUT2D eigenvalue weighted by molar-refractivity contribution is -0.0183. The van der Waals surface area contributed by atoms with E-state index in [1.54, 1.807) is 6.20 Å². The molecule has 14 heavy (non-hydrogen) atoms. The van der Waals surface area contributed by atoms with E-state index in [1.807, 2.05) is 12.3 Å². The fourth-order valence-corrected chi connectivity index (χ4v) is 1.89. The maximum Gasteiger partial charge on any atom is 0.263 e. The lowest BCUT2D eigenvalue weighted by atomic mass is 10.2.